The molecule has 0 unspecified atom stereocenters. The van der Waals surface area contributed by atoms with Crippen molar-refractivity contribution in [2.75, 3.05) is 0 Å². The smallest absolute Gasteiger partial charge is 0.220 e. The lowest BCUT2D eigenvalue weighted by molar-refractivity contribution is -0.130. The zero-order valence-electron chi connectivity index (χ0n) is 13.8. The molecule has 1 aromatic heterocycles. The molecule has 1 fully saturated rings. The summed E-state index contributed by atoms with van der Waals surface area (Å²) in [7, 11) is 0. The van der Waals surface area contributed by atoms with Gasteiger partial charge in [-0.25, -0.2) is 4.98 Å². The normalized spacial score (nSPS) is 13.9. The lowest BCUT2D eigenvalue weighted by Gasteiger charge is -2.19. The number of amides is 1. The highest BCUT2D eigenvalue weighted by Gasteiger charge is 2.31. The number of benzene rings is 1. The van der Waals surface area contributed by atoms with Crippen molar-refractivity contribution in [2.45, 2.75) is 52.8 Å². The second-order valence-electron chi connectivity index (χ2n) is 6.22. The number of thiazole rings is 1. The molecule has 0 aliphatic heterocycles. The van der Waals surface area contributed by atoms with Crippen LogP contribution in [0.1, 0.15) is 41.6 Å². The molecule has 0 saturated heterocycles. The van der Waals surface area contributed by atoms with Crippen LogP contribution in [0.15, 0.2) is 23.6 Å². The molecule has 0 radical (unpaired) electrons. The van der Waals surface area contributed by atoms with Crippen LogP contribution in [0.5, 0.6) is 5.75 Å². The molecule has 0 atom stereocenters. The molecular formula is C18H22N2O2S. The van der Waals surface area contributed by atoms with Crippen LogP contribution in [0.4, 0.5) is 0 Å². The van der Waals surface area contributed by atoms with E-state index in [1.807, 2.05) is 22.4 Å². The summed E-state index contributed by atoms with van der Waals surface area (Å²) in [5.41, 5.74) is 3.35. The van der Waals surface area contributed by atoms with E-state index in [9.17, 15) is 4.79 Å². The molecular weight excluding hydrogens is 308 g/mol. The van der Waals surface area contributed by atoms with Crippen LogP contribution in [-0.2, 0) is 17.9 Å². The molecule has 2 aromatic rings. The van der Waals surface area contributed by atoms with Gasteiger partial charge in [0.15, 0.2) is 0 Å². The largest absolute Gasteiger partial charge is 0.486 e. The van der Waals surface area contributed by atoms with Gasteiger partial charge in [0.25, 0.3) is 0 Å². The number of nitrogens with zero attached hydrogens (tertiary/aromatic N) is 2. The van der Waals surface area contributed by atoms with Gasteiger partial charge in [-0.05, 0) is 49.9 Å². The summed E-state index contributed by atoms with van der Waals surface area (Å²) in [5.74, 6) is 1.01. The van der Waals surface area contributed by atoms with Crippen molar-refractivity contribution in [1.82, 2.24) is 9.88 Å². The van der Waals surface area contributed by atoms with Crippen LogP contribution in [0.25, 0.3) is 0 Å². The minimum absolute atomic E-state index is 0.133. The first kappa shape index (κ1) is 16.0. The van der Waals surface area contributed by atoms with Gasteiger partial charge in [0.2, 0.25) is 5.91 Å². The van der Waals surface area contributed by atoms with Crippen LogP contribution >= 0.6 is 11.3 Å². The molecule has 0 spiro atoms. The Labute approximate surface area is 141 Å². The van der Waals surface area contributed by atoms with Gasteiger partial charge >= 0.3 is 0 Å². The molecule has 5 heteroatoms. The Morgan fingerprint density at radius 2 is 2.00 bits per heavy atom. The molecule has 4 nitrogen and oxygen atoms in total. The van der Waals surface area contributed by atoms with Crippen molar-refractivity contribution in [3.8, 4) is 5.75 Å². The number of aromatic nitrogens is 1. The fourth-order valence-electron chi connectivity index (χ4n) is 2.71. The fourth-order valence-corrected chi connectivity index (χ4v) is 3.40. The van der Waals surface area contributed by atoms with Crippen LogP contribution in [0.3, 0.4) is 0 Å². The standard InChI is InChI=1S/C18H22N2O2S/c1-12-6-13(2)8-17(7-12)22-10-18-19-15(11-23-18)9-20(14(3)21)16-4-5-16/h6-8,11,16H,4-5,9-10H2,1-3H3. The minimum atomic E-state index is 0.133. The molecule has 1 aromatic carbocycles. The van der Waals surface area contributed by atoms with Crippen molar-refractivity contribution in [3.05, 3.63) is 45.4 Å². The predicted molar refractivity (Wildman–Crippen MR) is 91.6 cm³/mol. The van der Waals surface area contributed by atoms with E-state index in [4.69, 9.17) is 4.74 Å². The third kappa shape index (κ3) is 4.32. The van der Waals surface area contributed by atoms with Crippen molar-refractivity contribution < 1.29 is 9.53 Å². The maximum atomic E-state index is 11.7. The Morgan fingerprint density at radius 3 is 2.61 bits per heavy atom. The van der Waals surface area contributed by atoms with Crippen LogP contribution in [0.2, 0.25) is 0 Å². The van der Waals surface area contributed by atoms with Gasteiger partial charge in [0, 0.05) is 18.3 Å². The maximum absolute atomic E-state index is 11.7. The number of carbonyl (C=O) groups is 1. The molecule has 3 rings (SSSR count). The summed E-state index contributed by atoms with van der Waals surface area (Å²) in [6.07, 6.45) is 2.23. The highest BCUT2D eigenvalue weighted by atomic mass is 32.1. The van der Waals surface area contributed by atoms with Crippen molar-refractivity contribution in [2.24, 2.45) is 0 Å². The van der Waals surface area contributed by atoms with Crippen molar-refractivity contribution in [3.63, 3.8) is 0 Å². The number of hydrogen-bond donors (Lipinski definition) is 0. The lowest BCUT2D eigenvalue weighted by Crippen LogP contribution is -2.30. The van der Waals surface area contributed by atoms with E-state index in [0.717, 1.165) is 29.3 Å². The van der Waals surface area contributed by atoms with Gasteiger partial charge in [-0.2, -0.15) is 0 Å². The Bertz CT molecular complexity index is 687. The third-order valence-electron chi connectivity index (χ3n) is 3.88. The highest BCUT2D eigenvalue weighted by Crippen LogP contribution is 2.28. The predicted octanol–water partition coefficient (Wildman–Crippen LogP) is 3.85. The average Bonchev–Trinajstić information content (AvgIpc) is 3.21. The van der Waals surface area contributed by atoms with Gasteiger partial charge < -0.3 is 9.64 Å². The van der Waals surface area contributed by atoms with Gasteiger partial charge in [0.05, 0.1) is 12.2 Å². The lowest BCUT2D eigenvalue weighted by atomic mass is 10.1. The number of carbonyl (C=O) groups excluding carboxylic acids is 1. The number of aryl methyl sites for hydroxylation is 2. The third-order valence-corrected chi connectivity index (χ3v) is 4.75. The topological polar surface area (TPSA) is 42.4 Å². The Hall–Kier alpha value is -1.88. The Morgan fingerprint density at radius 1 is 1.30 bits per heavy atom. The van der Waals surface area contributed by atoms with Crippen LogP contribution in [-0.4, -0.2) is 21.8 Å². The number of hydrogen-bond acceptors (Lipinski definition) is 4. The van der Waals surface area contributed by atoms with Crippen molar-refractivity contribution >= 4 is 17.2 Å². The SMILES string of the molecule is CC(=O)N(Cc1csc(COc2cc(C)cc(C)c2)n1)C1CC1. The number of rotatable bonds is 6. The van der Waals surface area contributed by atoms with E-state index in [1.54, 1.807) is 18.3 Å². The van der Waals surface area contributed by atoms with Gasteiger partial charge in [0.1, 0.15) is 17.4 Å². The summed E-state index contributed by atoms with van der Waals surface area (Å²) in [5, 5.41) is 2.97. The molecule has 0 bridgehead atoms. The van der Waals surface area contributed by atoms with E-state index >= 15 is 0 Å². The highest BCUT2D eigenvalue weighted by molar-refractivity contribution is 7.09. The van der Waals surface area contributed by atoms with E-state index in [-0.39, 0.29) is 5.91 Å². The minimum Gasteiger partial charge on any atom is -0.486 e. The van der Waals surface area contributed by atoms with Gasteiger partial charge in [-0.1, -0.05) is 6.07 Å². The zero-order valence-corrected chi connectivity index (χ0v) is 14.7. The average molecular weight is 330 g/mol. The molecule has 1 amide bonds. The molecule has 1 saturated carbocycles. The molecule has 1 aliphatic carbocycles. The summed E-state index contributed by atoms with van der Waals surface area (Å²) < 4.78 is 5.85. The summed E-state index contributed by atoms with van der Waals surface area (Å²) in [6, 6.07) is 6.62. The first-order chi connectivity index (χ1) is 11.0. The first-order valence-corrected chi connectivity index (χ1v) is 8.81. The Balaban J connectivity index is 1.59. The molecule has 1 aliphatic rings. The summed E-state index contributed by atoms with van der Waals surface area (Å²) in [4.78, 5) is 18.2. The van der Waals surface area contributed by atoms with Crippen molar-refractivity contribution in [1.29, 1.82) is 0 Å². The number of ether oxygens (including phenoxy) is 1. The second-order valence-corrected chi connectivity index (χ2v) is 7.17. The van der Waals surface area contributed by atoms with Gasteiger partial charge in [-0.15, -0.1) is 11.3 Å². The summed E-state index contributed by atoms with van der Waals surface area (Å²) >= 11 is 1.59. The van der Waals surface area contributed by atoms with E-state index in [0.29, 0.717) is 19.2 Å². The molecule has 0 N–H and O–H groups in total. The molecule has 23 heavy (non-hydrogen) atoms. The fraction of sp³-hybridized carbons (Fsp3) is 0.444. The van der Waals surface area contributed by atoms with Crippen LogP contribution < -0.4 is 4.74 Å². The van der Waals surface area contributed by atoms with Crippen LogP contribution in [0, 0.1) is 13.8 Å². The quantitative estimate of drug-likeness (QED) is 0.808. The monoisotopic (exact) mass is 330 g/mol. The van der Waals surface area contributed by atoms with E-state index < -0.39 is 0 Å². The molecule has 122 valence electrons. The zero-order chi connectivity index (χ0) is 16.4. The van der Waals surface area contributed by atoms with E-state index in [1.165, 1.54) is 11.1 Å². The molecule has 1 heterocycles. The Kier molecular flexibility index (Phi) is 4.66. The maximum Gasteiger partial charge on any atom is 0.220 e. The summed E-state index contributed by atoms with van der Waals surface area (Å²) in [6.45, 7) is 6.84. The van der Waals surface area contributed by atoms with Gasteiger partial charge in [-0.3, -0.25) is 4.79 Å². The van der Waals surface area contributed by atoms with E-state index in [2.05, 4.69) is 24.9 Å². The first-order valence-electron chi connectivity index (χ1n) is 7.93. The second kappa shape index (κ2) is 6.71.